The molecule has 0 spiro atoms. The summed E-state index contributed by atoms with van der Waals surface area (Å²) < 4.78 is 16.6. The van der Waals surface area contributed by atoms with E-state index in [1.807, 2.05) is 39.6 Å². The number of methoxy groups -OCH3 is 1. The molecule has 0 aromatic carbocycles. The van der Waals surface area contributed by atoms with E-state index in [4.69, 9.17) is 0 Å². The summed E-state index contributed by atoms with van der Waals surface area (Å²) in [5.41, 5.74) is 0. The second-order valence-electron chi connectivity index (χ2n) is 3.03. The fourth-order valence-electron chi connectivity index (χ4n) is 1.12. The molecule has 1 rings (SSSR count). The molecule has 2 atom stereocenters. The van der Waals surface area contributed by atoms with E-state index >= 15 is 0 Å². The quantitative estimate of drug-likeness (QED) is 0.624. The zero-order valence-electron chi connectivity index (χ0n) is 11.8. The number of rotatable bonds is 0. The number of nitrogens with zero attached hydrogens (tertiary/aromatic N) is 1. The first-order valence-electron chi connectivity index (χ1n) is 5.86. The number of likely N-dealkylation sites (tertiary alicyclic amines) is 1. The van der Waals surface area contributed by atoms with Gasteiger partial charge in [0.05, 0.1) is 0 Å². The molecule has 0 N–H and O–H groups in total. The smallest absolute Gasteiger partial charge is 0.114 e. The van der Waals surface area contributed by atoms with Crippen LogP contribution in [0.5, 0.6) is 0 Å². The Hall–Kier alpha value is -0.150. The van der Waals surface area contributed by atoms with Crippen molar-refractivity contribution in [3.05, 3.63) is 0 Å². The standard InChI is InChI=1S/C6H12FN.C2H6O.2C2H6/c1-5-3-6(7)4-8(5)2;1-3-2;2*1-2/h5-6H,3-4H2,1-2H3;1-2H3;2*1-2H3. The van der Waals surface area contributed by atoms with Gasteiger partial charge >= 0.3 is 0 Å². The molecule has 3 heteroatoms. The topological polar surface area (TPSA) is 12.5 Å². The monoisotopic (exact) mass is 223 g/mol. The van der Waals surface area contributed by atoms with Crippen LogP contribution in [0, 0.1) is 0 Å². The first kappa shape index (κ1) is 20.3. The maximum Gasteiger partial charge on any atom is 0.114 e. The Morgan fingerprint density at radius 3 is 1.53 bits per heavy atom. The molecule has 0 aromatic heterocycles. The maximum atomic E-state index is 12.4. The van der Waals surface area contributed by atoms with Crippen molar-refractivity contribution in [2.75, 3.05) is 27.8 Å². The molecule has 0 radical (unpaired) electrons. The van der Waals surface area contributed by atoms with E-state index in [9.17, 15) is 4.39 Å². The normalized spacial score (nSPS) is 23.8. The average Bonchev–Trinajstić information content (AvgIpc) is 2.52. The maximum absolute atomic E-state index is 12.4. The highest BCUT2D eigenvalue weighted by Gasteiger charge is 2.24. The molecule has 15 heavy (non-hydrogen) atoms. The number of hydrogen-bond donors (Lipinski definition) is 0. The van der Waals surface area contributed by atoms with Crippen molar-refractivity contribution in [3.63, 3.8) is 0 Å². The summed E-state index contributed by atoms with van der Waals surface area (Å²) in [6, 6.07) is 0.449. The summed E-state index contributed by atoms with van der Waals surface area (Å²) in [5.74, 6) is 0. The van der Waals surface area contributed by atoms with Crippen LogP contribution in [0.15, 0.2) is 0 Å². The molecule has 1 aliphatic rings. The molecule has 1 saturated heterocycles. The third-order valence-electron chi connectivity index (χ3n) is 1.84. The van der Waals surface area contributed by atoms with Gasteiger partial charge in [0.15, 0.2) is 0 Å². The third-order valence-corrected chi connectivity index (χ3v) is 1.84. The van der Waals surface area contributed by atoms with Crippen molar-refractivity contribution in [1.29, 1.82) is 0 Å². The van der Waals surface area contributed by atoms with Crippen LogP contribution in [0.25, 0.3) is 0 Å². The summed E-state index contributed by atoms with van der Waals surface area (Å²) in [5, 5.41) is 0. The van der Waals surface area contributed by atoms with Gasteiger partial charge in [-0.25, -0.2) is 4.39 Å². The van der Waals surface area contributed by atoms with E-state index in [1.165, 1.54) is 0 Å². The minimum absolute atomic E-state index is 0.449. The van der Waals surface area contributed by atoms with Gasteiger partial charge in [0.2, 0.25) is 0 Å². The first-order valence-corrected chi connectivity index (χ1v) is 5.86. The van der Waals surface area contributed by atoms with E-state index < -0.39 is 6.17 Å². The van der Waals surface area contributed by atoms with Crippen LogP contribution in [0.1, 0.15) is 41.0 Å². The molecular weight excluding hydrogens is 193 g/mol. The molecule has 96 valence electrons. The van der Waals surface area contributed by atoms with Crippen LogP contribution < -0.4 is 0 Å². The lowest BCUT2D eigenvalue weighted by Crippen LogP contribution is -2.21. The largest absolute Gasteiger partial charge is 0.388 e. The van der Waals surface area contributed by atoms with Crippen molar-refractivity contribution in [2.24, 2.45) is 0 Å². The van der Waals surface area contributed by atoms with Gasteiger partial charge in [-0.2, -0.15) is 0 Å². The SMILES string of the molecule is CC.CC.CC1CC(F)CN1C.COC. The molecule has 0 aromatic rings. The van der Waals surface area contributed by atoms with Crippen molar-refractivity contribution < 1.29 is 9.13 Å². The number of alkyl halides is 1. The molecule has 2 unspecified atom stereocenters. The van der Waals surface area contributed by atoms with E-state index in [-0.39, 0.29) is 0 Å². The van der Waals surface area contributed by atoms with Gasteiger partial charge in [0.1, 0.15) is 6.17 Å². The molecular formula is C12H30FNO. The van der Waals surface area contributed by atoms with Gasteiger partial charge < -0.3 is 9.64 Å². The van der Waals surface area contributed by atoms with Crippen LogP contribution >= 0.6 is 0 Å². The fourth-order valence-corrected chi connectivity index (χ4v) is 1.12. The molecule has 1 heterocycles. The van der Waals surface area contributed by atoms with Gasteiger partial charge in [-0.3, -0.25) is 0 Å². The Morgan fingerprint density at radius 2 is 1.47 bits per heavy atom. The van der Waals surface area contributed by atoms with Gasteiger partial charge in [0, 0.05) is 26.8 Å². The van der Waals surface area contributed by atoms with Crippen LogP contribution in [0.2, 0.25) is 0 Å². The van der Waals surface area contributed by atoms with Crippen LogP contribution in [0.4, 0.5) is 4.39 Å². The second kappa shape index (κ2) is 16.3. The second-order valence-corrected chi connectivity index (χ2v) is 3.03. The van der Waals surface area contributed by atoms with E-state index in [0.29, 0.717) is 12.6 Å². The predicted octanol–water partition coefficient (Wildman–Crippen LogP) is 3.36. The van der Waals surface area contributed by atoms with Gasteiger partial charge in [-0.15, -0.1) is 0 Å². The zero-order chi connectivity index (χ0) is 12.9. The highest BCUT2D eigenvalue weighted by molar-refractivity contribution is 4.79. The van der Waals surface area contributed by atoms with Crippen LogP contribution in [-0.2, 0) is 4.74 Å². The molecule has 0 amide bonds. The predicted molar refractivity (Wildman–Crippen MR) is 67.2 cm³/mol. The van der Waals surface area contributed by atoms with Crippen molar-refractivity contribution in [3.8, 4) is 0 Å². The average molecular weight is 223 g/mol. The van der Waals surface area contributed by atoms with Crippen LogP contribution in [0.3, 0.4) is 0 Å². The third kappa shape index (κ3) is 13.9. The molecule has 0 bridgehead atoms. The Labute approximate surface area is 95.8 Å². The molecule has 1 aliphatic heterocycles. The summed E-state index contributed by atoms with van der Waals surface area (Å²) in [4.78, 5) is 2.05. The van der Waals surface area contributed by atoms with Gasteiger partial charge in [0.25, 0.3) is 0 Å². The van der Waals surface area contributed by atoms with E-state index in [1.54, 1.807) is 14.2 Å². The summed E-state index contributed by atoms with van der Waals surface area (Å²) >= 11 is 0. The Balaban J connectivity index is -0.000000176. The van der Waals surface area contributed by atoms with Crippen LogP contribution in [-0.4, -0.2) is 44.9 Å². The zero-order valence-corrected chi connectivity index (χ0v) is 11.8. The fraction of sp³-hybridized carbons (Fsp3) is 1.00. The Bertz CT molecular complexity index is 91.6. The Morgan fingerprint density at radius 1 is 1.13 bits per heavy atom. The van der Waals surface area contributed by atoms with E-state index in [0.717, 1.165) is 6.42 Å². The number of ether oxygens (including phenoxy) is 1. The highest BCUT2D eigenvalue weighted by Crippen LogP contribution is 2.16. The molecule has 2 nitrogen and oxygen atoms in total. The summed E-state index contributed by atoms with van der Waals surface area (Å²) in [6.07, 6.45) is 0.145. The number of halogens is 1. The molecule has 1 fully saturated rings. The lowest BCUT2D eigenvalue weighted by atomic mass is 10.2. The molecule has 0 saturated carbocycles. The number of hydrogen-bond acceptors (Lipinski definition) is 2. The van der Waals surface area contributed by atoms with Gasteiger partial charge in [-0.05, 0) is 20.4 Å². The van der Waals surface area contributed by atoms with Crippen molar-refractivity contribution >= 4 is 0 Å². The minimum atomic E-state index is -0.574. The minimum Gasteiger partial charge on any atom is -0.388 e. The van der Waals surface area contributed by atoms with Crippen molar-refractivity contribution in [2.45, 2.75) is 53.3 Å². The Kier molecular flexibility index (Phi) is 22.0. The first-order chi connectivity index (χ1) is 7.11. The van der Waals surface area contributed by atoms with Crippen molar-refractivity contribution in [1.82, 2.24) is 4.90 Å². The summed E-state index contributed by atoms with van der Waals surface area (Å²) in [6.45, 7) is 10.7. The lowest BCUT2D eigenvalue weighted by Gasteiger charge is -2.11. The van der Waals surface area contributed by atoms with Gasteiger partial charge in [-0.1, -0.05) is 27.7 Å². The lowest BCUT2D eigenvalue weighted by molar-refractivity contribution is 0.277. The molecule has 0 aliphatic carbocycles. The summed E-state index contributed by atoms with van der Waals surface area (Å²) in [7, 11) is 5.21. The van der Waals surface area contributed by atoms with E-state index in [2.05, 4.69) is 11.7 Å². The highest BCUT2D eigenvalue weighted by atomic mass is 19.1.